The molecule has 0 aliphatic carbocycles. The summed E-state index contributed by atoms with van der Waals surface area (Å²) in [7, 11) is 0. The molecule has 0 N–H and O–H groups in total. The lowest BCUT2D eigenvalue weighted by Gasteiger charge is -2.14. The van der Waals surface area contributed by atoms with Crippen molar-refractivity contribution in [2.24, 2.45) is 0 Å². The molecule has 3 heterocycles. The zero-order valence-electron chi connectivity index (χ0n) is 27.0. The molecule has 0 aliphatic rings. The maximum atomic E-state index is 6.93. The highest BCUT2D eigenvalue weighted by Gasteiger charge is 2.22. The van der Waals surface area contributed by atoms with E-state index in [1.807, 2.05) is 0 Å². The molecule has 3 nitrogen and oxygen atoms in total. The van der Waals surface area contributed by atoms with E-state index in [0.29, 0.717) is 0 Å². The summed E-state index contributed by atoms with van der Waals surface area (Å²) in [5, 5.41) is 10.5. The summed E-state index contributed by atoms with van der Waals surface area (Å²) < 4.78 is 9.32. The Kier molecular flexibility index (Phi) is 5.67. The van der Waals surface area contributed by atoms with Crippen molar-refractivity contribution in [1.29, 1.82) is 0 Å². The van der Waals surface area contributed by atoms with Gasteiger partial charge in [0, 0.05) is 54.4 Å². The van der Waals surface area contributed by atoms with Gasteiger partial charge in [-0.05, 0) is 47.2 Å². The number of hydrogen-bond donors (Lipinski definition) is 0. The van der Waals surface area contributed by atoms with E-state index in [1.54, 1.807) is 0 Å². The molecule has 11 rings (SSSR count). The first-order valence-electron chi connectivity index (χ1n) is 17.1. The van der Waals surface area contributed by atoms with E-state index in [-0.39, 0.29) is 0 Å². The van der Waals surface area contributed by atoms with Crippen molar-refractivity contribution in [3.05, 3.63) is 170 Å². The van der Waals surface area contributed by atoms with Crippen molar-refractivity contribution in [2.45, 2.75) is 0 Å². The van der Waals surface area contributed by atoms with Crippen molar-refractivity contribution >= 4 is 76.2 Å². The maximum absolute atomic E-state index is 6.93. The molecule has 0 spiro atoms. The van der Waals surface area contributed by atoms with Gasteiger partial charge in [-0.2, -0.15) is 0 Å². The monoisotopic (exact) mass is 636 g/mol. The fourth-order valence-corrected chi connectivity index (χ4v) is 8.26. The Balaban J connectivity index is 1.23. The number of para-hydroxylation sites is 5. The number of hydrogen-bond acceptors (Lipinski definition) is 2. The fraction of sp³-hybridized carbons (Fsp3) is 0. The van der Waals surface area contributed by atoms with Gasteiger partial charge in [-0.15, -0.1) is 0 Å². The molecule has 0 radical (unpaired) electrons. The van der Waals surface area contributed by atoms with Gasteiger partial charge in [0.1, 0.15) is 11.2 Å². The number of furan rings is 1. The molecule has 0 amide bonds. The van der Waals surface area contributed by atoms with Crippen LogP contribution in [0.2, 0.25) is 0 Å². The summed E-state index contributed by atoms with van der Waals surface area (Å²) >= 11 is 0. The second-order valence-corrected chi connectivity index (χ2v) is 13.0. The van der Waals surface area contributed by atoms with Crippen molar-refractivity contribution in [1.82, 2.24) is 9.55 Å². The third-order valence-electron chi connectivity index (χ3n) is 10.4. The number of fused-ring (bicyclic) bond motifs is 11. The fourth-order valence-electron chi connectivity index (χ4n) is 8.26. The van der Waals surface area contributed by atoms with Gasteiger partial charge in [0.15, 0.2) is 0 Å². The molecule has 0 saturated carbocycles. The van der Waals surface area contributed by atoms with Crippen LogP contribution in [-0.2, 0) is 0 Å². The van der Waals surface area contributed by atoms with Gasteiger partial charge in [-0.3, -0.25) is 0 Å². The van der Waals surface area contributed by atoms with E-state index in [9.17, 15) is 0 Å². The SMILES string of the molecule is c1ccc(-n2c3ccccc3c3ccccc32)c(-c2cccc3c2oc2ccc4c(-c5cccc6ccccc56)nc5ccccc5c4c23)c1. The number of pyridine rings is 1. The molecule has 0 bridgehead atoms. The van der Waals surface area contributed by atoms with Crippen LogP contribution in [0, 0.1) is 0 Å². The average Bonchev–Trinajstić information content (AvgIpc) is 3.73. The predicted octanol–water partition coefficient (Wildman–Crippen LogP) is 12.9. The molecule has 3 heteroatoms. The highest BCUT2D eigenvalue weighted by molar-refractivity contribution is 6.29. The molecular formula is C47H28N2O. The molecule has 3 aromatic heterocycles. The van der Waals surface area contributed by atoms with Gasteiger partial charge in [-0.25, -0.2) is 4.98 Å². The summed E-state index contributed by atoms with van der Waals surface area (Å²) in [6, 6.07) is 60.5. The number of benzene rings is 8. The molecule has 0 saturated heterocycles. The molecule has 232 valence electrons. The van der Waals surface area contributed by atoms with E-state index in [2.05, 4.69) is 174 Å². The summed E-state index contributed by atoms with van der Waals surface area (Å²) in [5.41, 5.74) is 10.5. The van der Waals surface area contributed by atoms with Gasteiger partial charge in [0.2, 0.25) is 0 Å². The minimum atomic E-state index is 0.870. The van der Waals surface area contributed by atoms with Crippen LogP contribution >= 0.6 is 0 Å². The average molecular weight is 637 g/mol. The molecule has 8 aromatic carbocycles. The number of aromatic nitrogens is 2. The smallest absolute Gasteiger partial charge is 0.143 e. The number of nitrogens with zero attached hydrogens (tertiary/aromatic N) is 2. The van der Waals surface area contributed by atoms with Gasteiger partial charge in [-0.1, -0.05) is 133 Å². The van der Waals surface area contributed by atoms with E-state index in [1.165, 1.54) is 38.0 Å². The standard InChI is InChI=1S/C47H28N2O/c1-2-15-30-29(13-1)14-11-20-34(30)46-37-27-28-43-45(44(37)36-19-3-7-23-39(36)48-46)38-22-12-21-35(47(38)50-43)33-18-6-10-26-42(33)49-40-24-8-4-16-31(40)32-17-5-9-25-41(32)49/h1-28H. The van der Waals surface area contributed by atoms with E-state index >= 15 is 0 Å². The minimum Gasteiger partial charge on any atom is -0.455 e. The Morgan fingerprint density at radius 1 is 0.400 bits per heavy atom. The number of rotatable bonds is 3. The first-order valence-corrected chi connectivity index (χ1v) is 17.1. The van der Waals surface area contributed by atoms with Crippen LogP contribution in [-0.4, -0.2) is 9.55 Å². The lowest BCUT2D eigenvalue weighted by atomic mass is 9.93. The van der Waals surface area contributed by atoms with Crippen LogP contribution in [0.3, 0.4) is 0 Å². The Bertz CT molecular complexity index is 3100. The summed E-state index contributed by atoms with van der Waals surface area (Å²) in [5.74, 6) is 0. The molecule has 0 unspecified atom stereocenters. The highest BCUT2D eigenvalue weighted by Crippen LogP contribution is 2.45. The van der Waals surface area contributed by atoms with Crippen LogP contribution < -0.4 is 0 Å². The normalized spacial score (nSPS) is 12.0. The van der Waals surface area contributed by atoms with Crippen LogP contribution in [0.25, 0.3) is 104 Å². The van der Waals surface area contributed by atoms with E-state index in [4.69, 9.17) is 9.40 Å². The van der Waals surface area contributed by atoms with Crippen LogP contribution in [0.1, 0.15) is 0 Å². The Morgan fingerprint density at radius 3 is 1.84 bits per heavy atom. The molecule has 50 heavy (non-hydrogen) atoms. The Hall–Kier alpha value is -6.71. The van der Waals surface area contributed by atoms with Gasteiger partial charge in [0.25, 0.3) is 0 Å². The first-order chi connectivity index (χ1) is 24.8. The Labute approximate surface area is 287 Å². The molecule has 0 atom stereocenters. The highest BCUT2D eigenvalue weighted by atomic mass is 16.3. The van der Waals surface area contributed by atoms with Crippen molar-refractivity contribution in [3.8, 4) is 28.1 Å². The third-order valence-corrected chi connectivity index (χ3v) is 10.4. The molecule has 11 aromatic rings. The van der Waals surface area contributed by atoms with Crippen LogP contribution in [0.5, 0.6) is 0 Å². The van der Waals surface area contributed by atoms with Gasteiger partial charge in [0.05, 0.1) is 27.9 Å². The summed E-state index contributed by atoms with van der Waals surface area (Å²) in [6.45, 7) is 0. The van der Waals surface area contributed by atoms with E-state index < -0.39 is 0 Å². The van der Waals surface area contributed by atoms with Crippen LogP contribution in [0.15, 0.2) is 174 Å². The molecule has 0 aliphatic heterocycles. The van der Waals surface area contributed by atoms with Crippen LogP contribution in [0.4, 0.5) is 0 Å². The molecular weight excluding hydrogens is 609 g/mol. The van der Waals surface area contributed by atoms with Crippen molar-refractivity contribution < 1.29 is 4.42 Å². The first kappa shape index (κ1) is 27.3. The van der Waals surface area contributed by atoms with Gasteiger partial charge < -0.3 is 8.98 Å². The van der Waals surface area contributed by atoms with Gasteiger partial charge >= 0.3 is 0 Å². The minimum absolute atomic E-state index is 0.870. The second kappa shape index (κ2) is 10.4. The predicted molar refractivity (Wildman–Crippen MR) is 209 cm³/mol. The zero-order chi connectivity index (χ0) is 32.8. The van der Waals surface area contributed by atoms with E-state index in [0.717, 1.165) is 66.3 Å². The van der Waals surface area contributed by atoms with Crippen molar-refractivity contribution in [3.63, 3.8) is 0 Å². The second-order valence-electron chi connectivity index (χ2n) is 13.0. The lowest BCUT2D eigenvalue weighted by molar-refractivity contribution is 0.670. The summed E-state index contributed by atoms with van der Waals surface area (Å²) in [6.07, 6.45) is 0. The zero-order valence-corrected chi connectivity index (χ0v) is 27.0. The topological polar surface area (TPSA) is 31.0 Å². The molecule has 0 fully saturated rings. The maximum Gasteiger partial charge on any atom is 0.143 e. The third kappa shape index (κ3) is 3.77. The van der Waals surface area contributed by atoms with Crippen molar-refractivity contribution in [2.75, 3.05) is 0 Å². The quantitative estimate of drug-likeness (QED) is 0.181. The lowest BCUT2D eigenvalue weighted by Crippen LogP contribution is -1.97. The summed E-state index contributed by atoms with van der Waals surface area (Å²) in [4.78, 5) is 5.32. The Morgan fingerprint density at radius 2 is 1.00 bits per heavy atom. The largest absolute Gasteiger partial charge is 0.455 e.